The van der Waals surface area contributed by atoms with Crippen LogP contribution in [0.3, 0.4) is 0 Å². The van der Waals surface area contributed by atoms with Gasteiger partial charge in [0.1, 0.15) is 0 Å². The smallest absolute Gasteiger partial charge is 0.227 e. The molecule has 1 aromatic heterocycles. The molecule has 2 aliphatic heterocycles. The highest BCUT2D eigenvalue weighted by Crippen LogP contribution is 2.40. The van der Waals surface area contributed by atoms with Crippen molar-refractivity contribution < 1.29 is 9.90 Å². The van der Waals surface area contributed by atoms with E-state index in [-0.39, 0.29) is 11.3 Å². The number of hydrogen-bond acceptors (Lipinski definition) is 5. The van der Waals surface area contributed by atoms with Gasteiger partial charge in [-0.05, 0) is 43.9 Å². The highest BCUT2D eigenvalue weighted by molar-refractivity contribution is 5.79. The quantitative estimate of drug-likeness (QED) is 0.884. The van der Waals surface area contributed by atoms with Crippen molar-refractivity contribution in [2.24, 2.45) is 5.41 Å². The van der Waals surface area contributed by atoms with Crippen LogP contribution in [0.1, 0.15) is 30.5 Å². The molecule has 2 fully saturated rings. The summed E-state index contributed by atoms with van der Waals surface area (Å²) in [7, 11) is 0. The number of nitrogens with zero attached hydrogens (tertiary/aromatic N) is 4. The van der Waals surface area contributed by atoms with Crippen molar-refractivity contribution in [3.63, 3.8) is 0 Å². The van der Waals surface area contributed by atoms with Crippen LogP contribution in [-0.2, 0) is 11.2 Å². The highest BCUT2D eigenvalue weighted by atomic mass is 16.3. The Morgan fingerprint density at radius 3 is 2.71 bits per heavy atom. The molecule has 1 spiro atoms. The molecule has 1 N–H and O–H groups in total. The molecule has 0 aliphatic carbocycles. The van der Waals surface area contributed by atoms with E-state index in [0.29, 0.717) is 25.9 Å². The third-order valence-corrected chi connectivity index (χ3v) is 6.15. The lowest BCUT2D eigenvalue weighted by molar-refractivity contribution is -0.137. The summed E-state index contributed by atoms with van der Waals surface area (Å²) in [5, 5.41) is 19.4. The normalized spacial score (nSPS) is 25.1. The number of carbonyl (C=O) groups is 1. The number of aryl methyl sites for hydroxylation is 1. The number of carbonyl (C=O) groups excluding carboxylic acids is 1. The van der Waals surface area contributed by atoms with Crippen molar-refractivity contribution in [3.05, 3.63) is 53.7 Å². The molecule has 2 aromatic rings. The maximum absolute atomic E-state index is 12.9. The molecule has 3 heterocycles. The lowest BCUT2D eigenvalue weighted by Crippen LogP contribution is -2.60. The Hall–Kier alpha value is -2.47. The van der Waals surface area contributed by atoms with Crippen LogP contribution in [0, 0.1) is 12.3 Å². The third-order valence-electron chi connectivity index (χ3n) is 6.15. The Morgan fingerprint density at radius 2 is 1.96 bits per heavy atom. The zero-order valence-electron chi connectivity index (χ0n) is 16.4. The number of aliphatic hydroxyl groups is 1. The minimum Gasteiger partial charge on any atom is -0.392 e. The summed E-state index contributed by atoms with van der Waals surface area (Å²) < 4.78 is 0. The third kappa shape index (κ3) is 3.87. The second-order valence-electron chi connectivity index (χ2n) is 8.20. The summed E-state index contributed by atoms with van der Waals surface area (Å²) in [6.07, 6.45) is 2.56. The molecule has 6 nitrogen and oxygen atoms in total. The molecule has 6 heteroatoms. The summed E-state index contributed by atoms with van der Waals surface area (Å²) in [6.45, 7) is 4.77. The topological polar surface area (TPSA) is 69.6 Å². The van der Waals surface area contributed by atoms with Crippen molar-refractivity contribution in [2.45, 2.75) is 38.7 Å². The number of likely N-dealkylation sites (tertiary alicyclic amines) is 1. The first-order valence-corrected chi connectivity index (χ1v) is 10.1. The standard InChI is InChI=1S/C22H28N4O2/c1-17-8-9-20(24-23-17)25-13-10-19(27)22(15-25)11-5-12-26(16-22)21(28)14-18-6-3-2-4-7-18/h2-4,6-9,19,27H,5,10-16H2,1H3/t19-,22-/m1/s1. The number of amides is 1. The van der Waals surface area contributed by atoms with E-state index in [4.69, 9.17) is 0 Å². The Kier molecular flexibility index (Phi) is 5.31. The molecule has 0 saturated carbocycles. The molecule has 0 bridgehead atoms. The largest absolute Gasteiger partial charge is 0.392 e. The summed E-state index contributed by atoms with van der Waals surface area (Å²) in [4.78, 5) is 17.1. The first-order valence-electron chi connectivity index (χ1n) is 10.1. The van der Waals surface area contributed by atoms with Crippen LogP contribution in [0.15, 0.2) is 42.5 Å². The molecule has 2 atom stereocenters. The Labute approximate surface area is 166 Å². The molecular weight excluding hydrogens is 352 g/mol. The molecule has 2 saturated heterocycles. The van der Waals surface area contributed by atoms with Crippen LogP contribution < -0.4 is 4.90 Å². The molecular formula is C22H28N4O2. The Bertz CT molecular complexity index is 811. The fourth-order valence-corrected chi connectivity index (χ4v) is 4.56. The van der Waals surface area contributed by atoms with E-state index in [1.807, 2.05) is 54.3 Å². The van der Waals surface area contributed by atoms with Gasteiger partial charge in [-0.1, -0.05) is 30.3 Å². The minimum absolute atomic E-state index is 0.143. The van der Waals surface area contributed by atoms with Crippen molar-refractivity contribution in [3.8, 4) is 0 Å². The van der Waals surface area contributed by atoms with E-state index in [1.54, 1.807) is 0 Å². The lowest BCUT2D eigenvalue weighted by Gasteiger charge is -2.51. The van der Waals surface area contributed by atoms with Gasteiger partial charge in [-0.2, -0.15) is 5.10 Å². The Balaban J connectivity index is 1.48. The summed E-state index contributed by atoms with van der Waals surface area (Å²) in [6, 6.07) is 13.8. The van der Waals surface area contributed by atoms with Crippen LogP contribution in [0.25, 0.3) is 0 Å². The van der Waals surface area contributed by atoms with Gasteiger partial charge in [-0.25, -0.2) is 0 Å². The molecule has 0 unspecified atom stereocenters. The molecule has 1 amide bonds. The molecule has 4 rings (SSSR count). The predicted molar refractivity (Wildman–Crippen MR) is 108 cm³/mol. The zero-order valence-corrected chi connectivity index (χ0v) is 16.4. The van der Waals surface area contributed by atoms with Crippen LogP contribution in [0.5, 0.6) is 0 Å². The number of piperidine rings is 2. The average molecular weight is 380 g/mol. The molecule has 1 aromatic carbocycles. The van der Waals surface area contributed by atoms with E-state index in [1.165, 1.54) is 0 Å². The van der Waals surface area contributed by atoms with Crippen LogP contribution in [-0.4, -0.2) is 58.4 Å². The van der Waals surface area contributed by atoms with Gasteiger partial charge < -0.3 is 14.9 Å². The molecule has 2 aliphatic rings. The fourth-order valence-electron chi connectivity index (χ4n) is 4.56. The maximum Gasteiger partial charge on any atom is 0.227 e. The van der Waals surface area contributed by atoms with E-state index in [2.05, 4.69) is 15.1 Å². The van der Waals surface area contributed by atoms with E-state index >= 15 is 0 Å². The van der Waals surface area contributed by atoms with E-state index in [0.717, 1.165) is 43.0 Å². The van der Waals surface area contributed by atoms with Gasteiger partial charge in [0.15, 0.2) is 5.82 Å². The number of hydrogen-bond donors (Lipinski definition) is 1. The second kappa shape index (κ2) is 7.87. The van der Waals surface area contributed by atoms with Gasteiger partial charge in [-0.15, -0.1) is 5.10 Å². The first-order chi connectivity index (χ1) is 13.6. The number of aliphatic hydroxyl groups excluding tert-OH is 1. The SMILES string of the molecule is Cc1ccc(N2CC[C@@H](O)[C@]3(CCCN(C(=O)Cc4ccccc4)C3)C2)nn1. The highest BCUT2D eigenvalue weighted by Gasteiger charge is 2.46. The van der Waals surface area contributed by atoms with Crippen LogP contribution in [0.2, 0.25) is 0 Å². The maximum atomic E-state index is 12.9. The summed E-state index contributed by atoms with van der Waals surface area (Å²) >= 11 is 0. The van der Waals surface area contributed by atoms with Gasteiger partial charge >= 0.3 is 0 Å². The Morgan fingerprint density at radius 1 is 1.14 bits per heavy atom. The molecule has 0 radical (unpaired) electrons. The average Bonchev–Trinajstić information content (AvgIpc) is 2.72. The van der Waals surface area contributed by atoms with E-state index in [9.17, 15) is 9.90 Å². The summed E-state index contributed by atoms with van der Waals surface area (Å²) in [5.41, 5.74) is 1.63. The number of anilines is 1. The van der Waals surface area contributed by atoms with Crippen molar-refractivity contribution >= 4 is 11.7 Å². The fraction of sp³-hybridized carbons (Fsp3) is 0.500. The molecule has 28 heavy (non-hydrogen) atoms. The number of benzene rings is 1. The van der Waals surface area contributed by atoms with Gasteiger partial charge in [0.2, 0.25) is 5.91 Å². The van der Waals surface area contributed by atoms with Crippen LogP contribution >= 0.6 is 0 Å². The van der Waals surface area contributed by atoms with Gasteiger partial charge in [0.05, 0.1) is 18.2 Å². The number of rotatable bonds is 3. The van der Waals surface area contributed by atoms with Gasteiger partial charge in [0.25, 0.3) is 0 Å². The van der Waals surface area contributed by atoms with E-state index < -0.39 is 6.10 Å². The lowest BCUT2D eigenvalue weighted by atomic mass is 9.71. The summed E-state index contributed by atoms with van der Waals surface area (Å²) in [5.74, 6) is 0.995. The van der Waals surface area contributed by atoms with Crippen molar-refractivity contribution in [1.29, 1.82) is 0 Å². The predicted octanol–water partition coefficient (Wildman–Crippen LogP) is 2.21. The minimum atomic E-state index is -0.394. The first kappa shape index (κ1) is 18.9. The van der Waals surface area contributed by atoms with Crippen molar-refractivity contribution in [2.75, 3.05) is 31.1 Å². The monoisotopic (exact) mass is 380 g/mol. The van der Waals surface area contributed by atoms with Crippen LogP contribution in [0.4, 0.5) is 5.82 Å². The zero-order chi connectivity index (χ0) is 19.6. The second-order valence-corrected chi connectivity index (χ2v) is 8.20. The van der Waals surface area contributed by atoms with Gasteiger partial charge in [-0.3, -0.25) is 4.79 Å². The molecule has 148 valence electrons. The number of aromatic nitrogens is 2. The van der Waals surface area contributed by atoms with Gasteiger partial charge in [0, 0.05) is 31.6 Å². The van der Waals surface area contributed by atoms with Crippen molar-refractivity contribution in [1.82, 2.24) is 15.1 Å².